The highest BCUT2D eigenvalue weighted by molar-refractivity contribution is 5.73. The van der Waals surface area contributed by atoms with Gasteiger partial charge in [-0.1, -0.05) is 18.2 Å². The molecule has 4 rings (SSSR count). The van der Waals surface area contributed by atoms with Gasteiger partial charge in [-0.3, -0.25) is 0 Å². The summed E-state index contributed by atoms with van der Waals surface area (Å²) < 4.78 is 14.9. The van der Waals surface area contributed by atoms with E-state index in [9.17, 15) is 9.50 Å². The van der Waals surface area contributed by atoms with Gasteiger partial charge in [0, 0.05) is 11.8 Å². The third kappa shape index (κ3) is 3.11. The lowest BCUT2D eigenvalue weighted by atomic mass is 9.94. The standard InChI is InChI=1S/C22H19FN2O/c1-22(2,26)18-5-3-4-16(12-18)17-10-11-25-20(13-17)14-21(24-25)15-6-8-19(23)9-7-15/h3-14,26H,1-2H3. The predicted octanol–water partition coefficient (Wildman–Crippen LogP) is 5.03. The Kier molecular flexibility index (Phi) is 3.85. The van der Waals surface area contributed by atoms with E-state index in [0.29, 0.717) is 0 Å². The van der Waals surface area contributed by atoms with E-state index in [-0.39, 0.29) is 5.82 Å². The number of aliphatic hydroxyl groups is 1. The monoisotopic (exact) mass is 346 g/mol. The molecule has 130 valence electrons. The Morgan fingerprint density at radius 3 is 2.35 bits per heavy atom. The van der Waals surface area contributed by atoms with Crippen LogP contribution in [-0.4, -0.2) is 14.7 Å². The van der Waals surface area contributed by atoms with Crippen molar-refractivity contribution < 1.29 is 9.50 Å². The van der Waals surface area contributed by atoms with Crippen LogP contribution in [0.5, 0.6) is 0 Å². The van der Waals surface area contributed by atoms with Crippen molar-refractivity contribution in [3.05, 3.63) is 84.3 Å². The van der Waals surface area contributed by atoms with Crippen LogP contribution in [0.4, 0.5) is 4.39 Å². The SMILES string of the molecule is CC(C)(O)c1cccc(-c2ccn3nc(-c4ccc(F)cc4)cc3c2)c1. The summed E-state index contributed by atoms with van der Waals surface area (Å²) in [4.78, 5) is 0. The lowest BCUT2D eigenvalue weighted by Crippen LogP contribution is -2.15. The van der Waals surface area contributed by atoms with Gasteiger partial charge in [-0.15, -0.1) is 0 Å². The maximum Gasteiger partial charge on any atom is 0.123 e. The molecule has 0 saturated heterocycles. The number of fused-ring (bicyclic) bond motifs is 1. The van der Waals surface area contributed by atoms with E-state index in [4.69, 9.17) is 0 Å². The lowest BCUT2D eigenvalue weighted by molar-refractivity contribution is 0.0786. The van der Waals surface area contributed by atoms with E-state index >= 15 is 0 Å². The largest absolute Gasteiger partial charge is 0.386 e. The van der Waals surface area contributed by atoms with Crippen molar-refractivity contribution in [3.63, 3.8) is 0 Å². The van der Waals surface area contributed by atoms with Gasteiger partial charge in [0.1, 0.15) is 5.82 Å². The molecule has 0 radical (unpaired) electrons. The lowest BCUT2D eigenvalue weighted by Gasteiger charge is -2.18. The summed E-state index contributed by atoms with van der Waals surface area (Å²) >= 11 is 0. The molecule has 2 aromatic heterocycles. The zero-order valence-electron chi connectivity index (χ0n) is 14.6. The summed E-state index contributed by atoms with van der Waals surface area (Å²) in [5, 5.41) is 14.8. The Morgan fingerprint density at radius 2 is 1.62 bits per heavy atom. The number of aromatic nitrogens is 2. The zero-order chi connectivity index (χ0) is 18.3. The first-order valence-electron chi connectivity index (χ1n) is 8.49. The van der Waals surface area contributed by atoms with E-state index in [1.807, 2.05) is 47.1 Å². The molecule has 2 aromatic carbocycles. The first kappa shape index (κ1) is 16.5. The topological polar surface area (TPSA) is 37.5 Å². The third-order valence-corrected chi connectivity index (χ3v) is 4.51. The molecule has 0 unspecified atom stereocenters. The van der Waals surface area contributed by atoms with Crippen LogP contribution in [0, 0.1) is 5.82 Å². The molecule has 0 saturated carbocycles. The molecular formula is C22H19FN2O. The van der Waals surface area contributed by atoms with Gasteiger partial charge >= 0.3 is 0 Å². The van der Waals surface area contributed by atoms with Crippen LogP contribution in [-0.2, 0) is 5.60 Å². The van der Waals surface area contributed by atoms with Crippen LogP contribution in [0.15, 0.2) is 72.9 Å². The van der Waals surface area contributed by atoms with Crippen molar-refractivity contribution in [2.24, 2.45) is 0 Å². The minimum atomic E-state index is -0.882. The van der Waals surface area contributed by atoms with Crippen LogP contribution >= 0.6 is 0 Å². The molecular weight excluding hydrogens is 327 g/mol. The quantitative estimate of drug-likeness (QED) is 0.565. The highest BCUT2D eigenvalue weighted by atomic mass is 19.1. The second-order valence-electron chi connectivity index (χ2n) is 6.96. The first-order chi connectivity index (χ1) is 12.4. The minimum absolute atomic E-state index is 0.258. The second kappa shape index (κ2) is 6.07. The van der Waals surface area contributed by atoms with Gasteiger partial charge < -0.3 is 5.11 Å². The summed E-state index contributed by atoms with van der Waals surface area (Å²) in [6, 6.07) is 20.3. The van der Waals surface area contributed by atoms with E-state index in [1.165, 1.54) is 12.1 Å². The van der Waals surface area contributed by atoms with Crippen molar-refractivity contribution in [2.75, 3.05) is 0 Å². The van der Waals surface area contributed by atoms with Crippen LogP contribution < -0.4 is 0 Å². The first-order valence-corrected chi connectivity index (χ1v) is 8.49. The van der Waals surface area contributed by atoms with Crippen molar-refractivity contribution in [1.29, 1.82) is 0 Å². The summed E-state index contributed by atoms with van der Waals surface area (Å²) in [7, 11) is 0. The van der Waals surface area contributed by atoms with Crippen molar-refractivity contribution >= 4 is 5.52 Å². The van der Waals surface area contributed by atoms with Gasteiger partial charge in [0.2, 0.25) is 0 Å². The Hall–Kier alpha value is -2.98. The molecule has 4 aromatic rings. The molecule has 0 spiro atoms. The number of benzene rings is 2. The second-order valence-corrected chi connectivity index (χ2v) is 6.96. The predicted molar refractivity (Wildman–Crippen MR) is 101 cm³/mol. The normalized spacial score (nSPS) is 11.8. The summed E-state index contributed by atoms with van der Waals surface area (Å²) in [5.74, 6) is -0.258. The fourth-order valence-corrected chi connectivity index (χ4v) is 3.02. The molecule has 0 bridgehead atoms. The van der Waals surface area contributed by atoms with Crippen LogP contribution in [0.2, 0.25) is 0 Å². The van der Waals surface area contributed by atoms with Crippen molar-refractivity contribution in [1.82, 2.24) is 9.61 Å². The van der Waals surface area contributed by atoms with Gasteiger partial charge in [-0.05, 0) is 79.1 Å². The van der Waals surface area contributed by atoms with Gasteiger partial charge in [0.25, 0.3) is 0 Å². The van der Waals surface area contributed by atoms with E-state index in [0.717, 1.165) is 33.5 Å². The van der Waals surface area contributed by atoms with Gasteiger partial charge in [0.15, 0.2) is 0 Å². The number of hydrogen-bond donors (Lipinski definition) is 1. The van der Waals surface area contributed by atoms with Gasteiger partial charge in [0.05, 0.1) is 16.8 Å². The molecule has 2 heterocycles. The Labute approximate surface area is 151 Å². The van der Waals surface area contributed by atoms with Gasteiger partial charge in [-0.2, -0.15) is 5.10 Å². The highest BCUT2D eigenvalue weighted by Gasteiger charge is 2.16. The molecule has 0 aliphatic heterocycles. The smallest absolute Gasteiger partial charge is 0.123 e. The summed E-state index contributed by atoms with van der Waals surface area (Å²) in [5.41, 5.74) is 4.71. The number of pyridine rings is 1. The molecule has 1 N–H and O–H groups in total. The number of nitrogens with zero attached hydrogens (tertiary/aromatic N) is 2. The number of rotatable bonds is 3. The fourth-order valence-electron chi connectivity index (χ4n) is 3.02. The number of halogens is 1. The van der Waals surface area contributed by atoms with Crippen molar-refractivity contribution in [2.45, 2.75) is 19.4 Å². The average Bonchev–Trinajstić information content (AvgIpc) is 3.05. The molecule has 0 aliphatic rings. The Balaban J connectivity index is 1.75. The molecule has 0 fully saturated rings. The van der Waals surface area contributed by atoms with E-state index in [1.54, 1.807) is 26.0 Å². The Bertz CT molecular complexity index is 1080. The number of hydrogen-bond acceptors (Lipinski definition) is 2. The Morgan fingerprint density at radius 1 is 0.885 bits per heavy atom. The molecule has 4 heteroatoms. The van der Waals surface area contributed by atoms with E-state index < -0.39 is 5.60 Å². The minimum Gasteiger partial charge on any atom is -0.386 e. The van der Waals surface area contributed by atoms with Crippen molar-refractivity contribution in [3.8, 4) is 22.4 Å². The summed E-state index contributed by atoms with van der Waals surface area (Å²) in [6.45, 7) is 3.56. The van der Waals surface area contributed by atoms with Crippen LogP contribution in [0.3, 0.4) is 0 Å². The van der Waals surface area contributed by atoms with Crippen LogP contribution in [0.1, 0.15) is 19.4 Å². The molecule has 0 amide bonds. The fraction of sp³-hybridized carbons (Fsp3) is 0.136. The van der Waals surface area contributed by atoms with Gasteiger partial charge in [-0.25, -0.2) is 8.91 Å². The summed E-state index contributed by atoms with van der Waals surface area (Å²) in [6.07, 6.45) is 1.91. The maximum absolute atomic E-state index is 13.1. The van der Waals surface area contributed by atoms with E-state index in [2.05, 4.69) is 11.2 Å². The highest BCUT2D eigenvalue weighted by Crippen LogP contribution is 2.28. The average molecular weight is 346 g/mol. The maximum atomic E-state index is 13.1. The third-order valence-electron chi connectivity index (χ3n) is 4.51. The van der Waals surface area contributed by atoms with Crippen LogP contribution in [0.25, 0.3) is 27.9 Å². The molecule has 0 atom stereocenters. The molecule has 3 nitrogen and oxygen atoms in total. The molecule has 26 heavy (non-hydrogen) atoms. The molecule has 0 aliphatic carbocycles. The zero-order valence-corrected chi connectivity index (χ0v) is 14.6.